The van der Waals surface area contributed by atoms with E-state index < -0.39 is 0 Å². The van der Waals surface area contributed by atoms with Crippen LogP contribution in [0.1, 0.15) is 33.6 Å². The SMILES string of the molecule is CC1=C[C@@H]2CC[C@H]1C2(C)C. The minimum Gasteiger partial charge on any atom is -0.0816 e. The molecule has 0 aromatic carbocycles. The van der Waals surface area contributed by atoms with Gasteiger partial charge >= 0.3 is 0 Å². The summed E-state index contributed by atoms with van der Waals surface area (Å²) in [6.07, 6.45) is 5.38. The van der Waals surface area contributed by atoms with Crippen LogP contribution < -0.4 is 0 Å². The van der Waals surface area contributed by atoms with Crippen LogP contribution in [0.2, 0.25) is 0 Å². The van der Waals surface area contributed by atoms with Crippen molar-refractivity contribution in [2.45, 2.75) is 33.6 Å². The summed E-state index contributed by atoms with van der Waals surface area (Å²) in [4.78, 5) is 0. The Kier molecular flexibility index (Phi) is 1.07. The van der Waals surface area contributed by atoms with Gasteiger partial charge in [-0.2, -0.15) is 0 Å². The summed E-state index contributed by atoms with van der Waals surface area (Å²) in [5, 5.41) is 0. The number of fused-ring (bicyclic) bond motifs is 2. The third-order valence-electron chi connectivity index (χ3n) is 3.63. The molecule has 0 radical (unpaired) electrons. The maximum atomic E-state index is 2.49. The zero-order chi connectivity index (χ0) is 7.35. The number of allylic oxidation sites excluding steroid dienone is 2. The minimum absolute atomic E-state index is 0.601. The normalized spacial score (nSPS) is 42.1. The van der Waals surface area contributed by atoms with Crippen LogP contribution >= 0.6 is 0 Å². The molecular formula is C10H16. The average Bonchev–Trinajstić information content (AvgIpc) is 2.20. The number of hydrogen-bond donors (Lipinski definition) is 0. The lowest BCUT2D eigenvalue weighted by molar-refractivity contribution is 0.273. The Balaban J connectivity index is 2.37. The van der Waals surface area contributed by atoms with Crippen LogP contribution in [-0.2, 0) is 0 Å². The number of rotatable bonds is 0. The molecule has 2 rings (SSSR count). The van der Waals surface area contributed by atoms with Gasteiger partial charge in [0.25, 0.3) is 0 Å². The summed E-state index contributed by atoms with van der Waals surface area (Å²) < 4.78 is 0. The van der Waals surface area contributed by atoms with Gasteiger partial charge < -0.3 is 0 Å². The third-order valence-corrected chi connectivity index (χ3v) is 3.63. The highest BCUT2D eigenvalue weighted by Gasteiger charge is 2.46. The lowest BCUT2D eigenvalue weighted by atomic mass is 9.80. The molecule has 2 atom stereocenters. The molecule has 0 amide bonds. The molecule has 0 heteroatoms. The molecule has 2 aliphatic carbocycles. The monoisotopic (exact) mass is 136 g/mol. The maximum absolute atomic E-state index is 2.49. The van der Waals surface area contributed by atoms with Crippen molar-refractivity contribution in [3.63, 3.8) is 0 Å². The first-order valence-corrected chi connectivity index (χ1v) is 4.30. The van der Waals surface area contributed by atoms with Gasteiger partial charge in [-0.25, -0.2) is 0 Å². The van der Waals surface area contributed by atoms with Gasteiger partial charge in [0.2, 0.25) is 0 Å². The zero-order valence-electron chi connectivity index (χ0n) is 7.15. The second-order valence-corrected chi connectivity index (χ2v) is 4.47. The summed E-state index contributed by atoms with van der Waals surface area (Å²) in [6, 6.07) is 0. The second kappa shape index (κ2) is 1.66. The first-order chi connectivity index (χ1) is 4.62. The Labute approximate surface area is 63.3 Å². The highest BCUT2D eigenvalue weighted by Crippen LogP contribution is 2.56. The maximum Gasteiger partial charge on any atom is -0.0149 e. The first kappa shape index (κ1) is 6.45. The standard InChI is InChI=1S/C10H16/c1-7-6-8-4-5-9(7)10(8,2)3/h6,8-9H,4-5H2,1-3H3/t8-,9+/m0/s1. The fourth-order valence-electron chi connectivity index (χ4n) is 2.89. The molecule has 10 heavy (non-hydrogen) atoms. The molecule has 1 saturated carbocycles. The Morgan fingerprint density at radius 3 is 2.30 bits per heavy atom. The van der Waals surface area contributed by atoms with E-state index in [9.17, 15) is 0 Å². The molecule has 0 N–H and O–H groups in total. The van der Waals surface area contributed by atoms with Crippen LogP contribution in [0.3, 0.4) is 0 Å². The van der Waals surface area contributed by atoms with Gasteiger partial charge in [-0.3, -0.25) is 0 Å². The minimum atomic E-state index is 0.601. The van der Waals surface area contributed by atoms with Gasteiger partial charge in [0.15, 0.2) is 0 Å². The van der Waals surface area contributed by atoms with Crippen molar-refractivity contribution < 1.29 is 0 Å². The first-order valence-electron chi connectivity index (χ1n) is 4.30. The molecule has 56 valence electrons. The summed E-state index contributed by atoms with van der Waals surface area (Å²) in [7, 11) is 0. The van der Waals surface area contributed by atoms with E-state index in [1.165, 1.54) is 12.8 Å². The van der Waals surface area contributed by atoms with Gasteiger partial charge in [-0.05, 0) is 37.0 Å². The molecule has 0 spiro atoms. The molecule has 0 unspecified atom stereocenters. The van der Waals surface area contributed by atoms with Crippen molar-refractivity contribution in [2.75, 3.05) is 0 Å². The number of hydrogen-bond acceptors (Lipinski definition) is 0. The predicted molar refractivity (Wildman–Crippen MR) is 43.8 cm³/mol. The Hall–Kier alpha value is -0.260. The Bertz CT molecular complexity index is 186. The molecule has 2 bridgehead atoms. The molecule has 0 heterocycles. The topological polar surface area (TPSA) is 0 Å². The third kappa shape index (κ3) is 0.574. The summed E-state index contributed by atoms with van der Waals surface area (Å²) in [5.41, 5.74) is 2.26. The van der Waals surface area contributed by atoms with Crippen LogP contribution in [0, 0.1) is 17.3 Å². The zero-order valence-corrected chi connectivity index (χ0v) is 7.15. The second-order valence-electron chi connectivity index (χ2n) is 4.47. The Morgan fingerprint density at radius 1 is 1.40 bits per heavy atom. The molecule has 0 aromatic heterocycles. The van der Waals surface area contributed by atoms with Crippen molar-refractivity contribution >= 4 is 0 Å². The van der Waals surface area contributed by atoms with Crippen LogP contribution in [0.15, 0.2) is 11.6 Å². The Morgan fingerprint density at radius 2 is 2.10 bits per heavy atom. The van der Waals surface area contributed by atoms with Crippen molar-refractivity contribution in [1.82, 2.24) is 0 Å². The van der Waals surface area contributed by atoms with Gasteiger partial charge in [0.1, 0.15) is 0 Å². The van der Waals surface area contributed by atoms with E-state index in [0.717, 1.165) is 11.8 Å². The average molecular weight is 136 g/mol. The van der Waals surface area contributed by atoms with Crippen molar-refractivity contribution in [1.29, 1.82) is 0 Å². The molecule has 0 nitrogen and oxygen atoms in total. The summed E-state index contributed by atoms with van der Waals surface area (Å²) in [5.74, 6) is 1.81. The van der Waals surface area contributed by atoms with E-state index in [4.69, 9.17) is 0 Å². The van der Waals surface area contributed by atoms with Gasteiger partial charge in [0.05, 0.1) is 0 Å². The van der Waals surface area contributed by atoms with Crippen LogP contribution in [0.25, 0.3) is 0 Å². The molecule has 1 fully saturated rings. The van der Waals surface area contributed by atoms with E-state index in [0.29, 0.717) is 5.41 Å². The van der Waals surface area contributed by atoms with Gasteiger partial charge in [0, 0.05) is 0 Å². The molecule has 0 saturated heterocycles. The molecule has 0 aliphatic heterocycles. The predicted octanol–water partition coefficient (Wildman–Crippen LogP) is 3.00. The lowest BCUT2D eigenvalue weighted by Crippen LogP contribution is -2.18. The quantitative estimate of drug-likeness (QED) is 0.449. The van der Waals surface area contributed by atoms with Crippen LogP contribution in [0.5, 0.6) is 0 Å². The van der Waals surface area contributed by atoms with E-state index in [1.54, 1.807) is 5.57 Å². The van der Waals surface area contributed by atoms with Crippen molar-refractivity contribution in [3.8, 4) is 0 Å². The van der Waals surface area contributed by atoms with Gasteiger partial charge in [-0.15, -0.1) is 0 Å². The van der Waals surface area contributed by atoms with Crippen LogP contribution in [0.4, 0.5) is 0 Å². The highest BCUT2D eigenvalue weighted by atomic mass is 14.5. The fourth-order valence-corrected chi connectivity index (χ4v) is 2.89. The van der Waals surface area contributed by atoms with Gasteiger partial charge in [-0.1, -0.05) is 25.5 Å². The molecular weight excluding hydrogens is 120 g/mol. The lowest BCUT2D eigenvalue weighted by Gasteiger charge is -2.25. The molecule has 0 aromatic rings. The highest BCUT2D eigenvalue weighted by molar-refractivity contribution is 5.23. The van der Waals surface area contributed by atoms with E-state index in [1.807, 2.05) is 0 Å². The van der Waals surface area contributed by atoms with E-state index >= 15 is 0 Å². The summed E-state index contributed by atoms with van der Waals surface area (Å²) in [6.45, 7) is 7.14. The summed E-state index contributed by atoms with van der Waals surface area (Å²) >= 11 is 0. The smallest absolute Gasteiger partial charge is 0.0149 e. The molecule has 2 aliphatic rings. The largest absolute Gasteiger partial charge is 0.0816 e. The fraction of sp³-hybridized carbons (Fsp3) is 0.800. The van der Waals surface area contributed by atoms with Crippen molar-refractivity contribution in [2.24, 2.45) is 17.3 Å². The van der Waals surface area contributed by atoms with E-state index in [2.05, 4.69) is 26.8 Å². The van der Waals surface area contributed by atoms with E-state index in [-0.39, 0.29) is 0 Å². The van der Waals surface area contributed by atoms with Crippen LogP contribution in [-0.4, -0.2) is 0 Å². The van der Waals surface area contributed by atoms with Crippen molar-refractivity contribution in [3.05, 3.63) is 11.6 Å².